The summed E-state index contributed by atoms with van der Waals surface area (Å²) in [6.07, 6.45) is 6.00. The second-order valence-electron chi connectivity index (χ2n) is 7.84. The third-order valence-corrected chi connectivity index (χ3v) is 6.19. The van der Waals surface area contributed by atoms with Crippen molar-refractivity contribution in [3.8, 4) is 11.5 Å². The van der Waals surface area contributed by atoms with Crippen LogP contribution in [0, 0.1) is 11.8 Å². The number of nitrogens with two attached hydrogens (primary N) is 1. The third-order valence-electron chi connectivity index (χ3n) is 6.19. The van der Waals surface area contributed by atoms with E-state index < -0.39 is 5.54 Å². The van der Waals surface area contributed by atoms with Gasteiger partial charge in [0.15, 0.2) is 11.5 Å². The van der Waals surface area contributed by atoms with E-state index in [9.17, 15) is 9.59 Å². The fourth-order valence-electron chi connectivity index (χ4n) is 4.54. The first-order chi connectivity index (χ1) is 13.5. The van der Waals surface area contributed by atoms with Gasteiger partial charge in [0.1, 0.15) is 5.54 Å². The first-order valence-corrected chi connectivity index (χ1v) is 10.1. The van der Waals surface area contributed by atoms with E-state index in [1.165, 1.54) is 0 Å². The van der Waals surface area contributed by atoms with E-state index in [0.717, 1.165) is 32.1 Å². The smallest absolute Gasteiger partial charge is 0.250 e. The number of hydrogen-bond acceptors (Lipinski definition) is 5. The van der Waals surface area contributed by atoms with Gasteiger partial charge in [-0.05, 0) is 50.3 Å². The predicted octanol–water partition coefficient (Wildman–Crippen LogP) is 2.45. The number of carbonyl (C=O) groups excluding carboxylic acids is 2. The normalized spacial score (nSPS) is 23.2. The summed E-state index contributed by atoms with van der Waals surface area (Å²) < 4.78 is 10.5. The van der Waals surface area contributed by atoms with Gasteiger partial charge in [-0.1, -0.05) is 19.3 Å². The molecule has 154 valence electrons. The molecule has 0 unspecified atom stereocenters. The minimum Gasteiger partial charge on any atom is -0.493 e. The van der Waals surface area contributed by atoms with Crippen molar-refractivity contribution in [2.24, 2.45) is 17.6 Å². The Morgan fingerprint density at radius 1 is 1.11 bits per heavy atom. The molecular weight excluding hydrogens is 358 g/mol. The number of ether oxygens (including phenoxy) is 2. The SMILES string of the molecule is COc1ccc(NC(=O)C2(NC(=O)[C@@H]3CCC[C@@H]3CN)CCCC2)cc1OC. The van der Waals surface area contributed by atoms with Gasteiger partial charge in [-0.3, -0.25) is 9.59 Å². The van der Waals surface area contributed by atoms with E-state index >= 15 is 0 Å². The van der Waals surface area contributed by atoms with Gasteiger partial charge in [-0.15, -0.1) is 0 Å². The Labute approximate surface area is 166 Å². The van der Waals surface area contributed by atoms with Crippen molar-refractivity contribution in [3.63, 3.8) is 0 Å². The molecule has 2 atom stereocenters. The van der Waals surface area contributed by atoms with Crippen LogP contribution in [-0.4, -0.2) is 38.1 Å². The highest BCUT2D eigenvalue weighted by atomic mass is 16.5. The lowest BCUT2D eigenvalue weighted by Crippen LogP contribution is -2.56. The average molecular weight is 389 g/mol. The Morgan fingerprint density at radius 2 is 1.82 bits per heavy atom. The maximum atomic E-state index is 13.2. The zero-order valence-electron chi connectivity index (χ0n) is 16.8. The quantitative estimate of drug-likeness (QED) is 0.665. The van der Waals surface area contributed by atoms with Crippen molar-refractivity contribution < 1.29 is 19.1 Å². The van der Waals surface area contributed by atoms with Crippen LogP contribution in [0.4, 0.5) is 5.69 Å². The zero-order chi connectivity index (χ0) is 20.1. The maximum Gasteiger partial charge on any atom is 0.250 e. The zero-order valence-corrected chi connectivity index (χ0v) is 16.8. The molecular formula is C21H31N3O4. The van der Waals surface area contributed by atoms with Crippen LogP contribution in [0.2, 0.25) is 0 Å². The van der Waals surface area contributed by atoms with Crippen LogP contribution in [0.1, 0.15) is 44.9 Å². The highest BCUT2D eigenvalue weighted by molar-refractivity contribution is 6.01. The first-order valence-electron chi connectivity index (χ1n) is 10.1. The predicted molar refractivity (Wildman–Crippen MR) is 107 cm³/mol. The molecule has 2 saturated carbocycles. The minimum atomic E-state index is -0.855. The molecule has 0 aromatic heterocycles. The Hall–Kier alpha value is -2.28. The van der Waals surface area contributed by atoms with Gasteiger partial charge in [0, 0.05) is 17.7 Å². The Morgan fingerprint density at radius 3 is 2.46 bits per heavy atom. The van der Waals surface area contributed by atoms with Crippen LogP contribution in [0.25, 0.3) is 0 Å². The van der Waals surface area contributed by atoms with Crippen molar-refractivity contribution in [3.05, 3.63) is 18.2 Å². The lowest BCUT2D eigenvalue weighted by molar-refractivity contribution is -0.133. The second kappa shape index (κ2) is 8.82. The van der Waals surface area contributed by atoms with Gasteiger partial charge in [0.25, 0.3) is 0 Å². The standard InChI is InChI=1S/C21H31N3O4/c1-27-17-9-8-15(12-18(17)28-2)23-20(26)21(10-3-4-11-21)24-19(25)16-7-5-6-14(16)13-22/h8-9,12,14,16H,3-7,10-11,13,22H2,1-2H3,(H,23,26)(H,24,25)/t14-,16-/m1/s1. The van der Waals surface area contributed by atoms with Crippen LogP contribution in [0.3, 0.4) is 0 Å². The molecule has 2 aliphatic rings. The minimum absolute atomic E-state index is 0.0303. The maximum absolute atomic E-state index is 13.2. The monoisotopic (exact) mass is 389 g/mol. The molecule has 7 heteroatoms. The van der Waals surface area contributed by atoms with E-state index in [4.69, 9.17) is 15.2 Å². The molecule has 2 aliphatic carbocycles. The lowest BCUT2D eigenvalue weighted by Gasteiger charge is -2.31. The lowest BCUT2D eigenvalue weighted by atomic mass is 9.91. The molecule has 0 bridgehead atoms. The van der Waals surface area contributed by atoms with E-state index in [-0.39, 0.29) is 23.7 Å². The topological polar surface area (TPSA) is 103 Å². The Balaban J connectivity index is 1.74. The molecule has 0 spiro atoms. The Kier molecular flexibility index (Phi) is 6.44. The van der Waals surface area contributed by atoms with Gasteiger partial charge in [0.05, 0.1) is 14.2 Å². The molecule has 0 aliphatic heterocycles. The molecule has 28 heavy (non-hydrogen) atoms. The molecule has 1 aromatic carbocycles. The molecule has 3 rings (SSSR count). The highest BCUT2D eigenvalue weighted by Gasteiger charge is 2.44. The summed E-state index contributed by atoms with van der Waals surface area (Å²) in [5, 5.41) is 6.07. The number of nitrogens with one attached hydrogen (secondary N) is 2. The van der Waals surface area contributed by atoms with E-state index in [2.05, 4.69) is 10.6 Å². The van der Waals surface area contributed by atoms with Crippen molar-refractivity contribution in [1.82, 2.24) is 5.32 Å². The van der Waals surface area contributed by atoms with Crippen molar-refractivity contribution in [2.75, 3.05) is 26.1 Å². The summed E-state index contributed by atoms with van der Waals surface area (Å²) in [5.74, 6) is 1.06. The van der Waals surface area contributed by atoms with Crippen molar-refractivity contribution >= 4 is 17.5 Å². The number of benzene rings is 1. The average Bonchev–Trinajstić information content (AvgIpc) is 3.37. The number of amides is 2. The second-order valence-corrected chi connectivity index (χ2v) is 7.84. The van der Waals surface area contributed by atoms with Crippen LogP contribution in [0.5, 0.6) is 11.5 Å². The van der Waals surface area contributed by atoms with Gasteiger partial charge in [-0.2, -0.15) is 0 Å². The molecule has 4 N–H and O–H groups in total. The van der Waals surface area contributed by atoms with Crippen molar-refractivity contribution in [2.45, 2.75) is 50.5 Å². The number of hydrogen-bond donors (Lipinski definition) is 3. The Bertz CT molecular complexity index is 716. The van der Waals surface area contributed by atoms with E-state index in [0.29, 0.717) is 36.6 Å². The molecule has 0 radical (unpaired) electrons. The summed E-state index contributed by atoms with van der Waals surface area (Å²) in [7, 11) is 3.12. The molecule has 2 amide bonds. The number of rotatable bonds is 7. The van der Waals surface area contributed by atoms with Crippen LogP contribution in [-0.2, 0) is 9.59 Å². The van der Waals surface area contributed by atoms with Crippen LogP contribution < -0.4 is 25.8 Å². The summed E-state index contributed by atoms with van der Waals surface area (Å²) in [4.78, 5) is 26.1. The largest absolute Gasteiger partial charge is 0.493 e. The molecule has 0 heterocycles. The molecule has 2 fully saturated rings. The summed E-state index contributed by atoms with van der Waals surface area (Å²) >= 11 is 0. The molecule has 1 aromatic rings. The summed E-state index contributed by atoms with van der Waals surface area (Å²) in [6.45, 7) is 0.517. The first kappa shape index (κ1) is 20.5. The molecule has 7 nitrogen and oxygen atoms in total. The van der Waals surface area contributed by atoms with E-state index in [1.807, 2.05) is 0 Å². The fraction of sp³-hybridized carbons (Fsp3) is 0.619. The fourth-order valence-corrected chi connectivity index (χ4v) is 4.54. The summed E-state index contributed by atoms with van der Waals surface area (Å²) in [6, 6.07) is 5.24. The van der Waals surface area contributed by atoms with Gasteiger partial charge in [-0.25, -0.2) is 0 Å². The number of methoxy groups -OCH3 is 2. The third kappa shape index (κ3) is 4.09. The van der Waals surface area contributed by atoms with Crippen molar-refractivity contribution in [1.29, 1.82) is 0 Å². The van der Waals surface area contributed by atoms with Gasteiger partial charge in [0.2, 0.25) is 11.8 Å². The highest BCUT2D eigenvalue weighted by Crippen LogP contribution is 2.36. The molecule has 0 saturated heterocycles. The van der Waals surface area contributed by atoms with Gasteiger partial charge < -0.3 is 25.8 Å². The number of anilines is 1. The van der Waals surface area contributed by atoms with Crippen LogP contribution in [0.15, 0.2) is 18.2 Å². The number of carbonyl (C=O) groups is 2. The summed E-state index contributed by atoms with van der Waals surface area (Å²) in [5.41, 5.74) is 5.59. The van der Waals surface area contributed by atoms with Crippen LogP contribution >= 0.6 is 0 Å². The van der Waals surface area contributed by atoms with Gasteiger partial charge >= 0.3 is 0 Å². The van der Waals surface area contributed by atoms with E-state index in [1.54, 1.807) is 32.4 Å².